The Morgan fingerprint density at radius 3 is 2.08 bits per heavy atom. The Balaban J connectivity index is 1.84. The largest absolute Gasteiger partial charge is 0.291 e. The summed E-state index contributed by atoms with van der Waals surface area (Å²) in [6.45, 7) is 10.9. The monoisotopic (exact) mass is 339 g/mol. The smallest absolute Gasteiger partial charge is 0.0246 e. The van der Waals surface area contributed by atoms with Crippen molar-refractivity contribution in [2.24, 2.45) is 0 Å². The summed E-state index contributed by atoms with van der Waals surface area (Å²) in [6.07, 6.45) is 1.97. The number of hydrogen-bond acceptors (Lipinski definition) is 1. The summed E-state index contributed by atoms with van der Waals surface area (Å²) in [4.78, 5) is 2.40. The van der Waals surface area contributed by atoms with Gasteiger partial charge in [0, 0.05) is 19.6 Å². The third-order valence-electron chi connectivity index (χ3n) is 4.49. The maximum atomic E-state index is 4.35. The molecule has 0 radical (unpaired) electrons. The molecule has 0 aliphatic rings. The van der Waals surface area contributed by atoms with Gasteiger partial charge in [-0.25, -0.2) is 0 Å². The molecule has 0 saturated heterocycles. The van der Waals surface area contributed by atoms with Crippen molar-refractivity contribution < 1.29 is 0 Å². The van der Waals surface area contributed by atoms with Gasteiger partial charge in [-0.2, -0.15) is 0 Å². The molecule has 0 aliphatic carbocycles. The SMILES string of the molecule is C=CCN(Cc1ccccc1)Cc1ccccc1C(=C)c1ccccc1. The van der Waals surface area contributed by atoms with Gasteiger partial charge in [-0.1, -0.05) is 97.6 Å². The molecule has 130 valence electrons. The number of nitrogens with zero attached hydrogens (tertiary/aromatic N) is 1. The molecule has 0 spiro atoms. The lowest BCUT2D eigenvalue weighted by molar-refractivity contribution is 0.286. The molecule has 0 aromatic heterocycles. The van der Waals surface area contributed by atoms with E-state index >= 15 is 0 Å². The van der Waals surface area contributed by atoms with Gasteiger partial charge in [0.2, 0.25) is 0 Å². The zero-order valence-corrected chi connectivity index (χ0v) is 15.1. The minimum absolute atomic E-state index is 0.848. The predicted molar refractivity (Wildman–Crippen MR) is 112 cm³/mol. The molecule has 1 nitrogen and oxygen atoms in total. The van der Waals surface area contributed by atoms with Gasteiger partial charge in [-0.3, -0.25) is 4.90 Å². The van der Waals surface area contributed by atoms with Gasteiger partial charge in [-0.15, -0.1) is 6.58 Å². The van der Waals surface area contributed by atoms with E-state index in [1.54, 1.807) is 0 Å². The van der Waals surface area contributed by atoms with Crippen LogP contribution >= 0.6 is 0 Å². The second-order valence-corrected chi connectivity index (χ2v) is 6.45. The first-order valence-electron chi connectivity index (χ1n) is 8.97. The first-order valence-corrected chi connectivity index (χ1v) is 8.97. The van der Waals surface area contributed by atoms with E-state index in [1.807, 2.05) is 12.1 Å². The topological polar surface area (TPSA) is 3.24 Å². The summed E-state index contributed by atoms with van der Waals surface area (Å²) < 4.78 is 0. The molecule has 0 aliphatic heterocycles. The Hall–Kier alpha value is -2.90. The summed E-state index contributed by atoms with van der Waals surface area (Å²) in [7, 11) is 0. The van der Waals surface area contributed by atoms with Crippen LogP contribution in [0.5, 0.6) is 0 Å². The molecule has 26 heavy (non-hydrogen) atoms. The Morgan fingerprint density at radius 2 is 1.38 bits per heavy atom. The maximum Gasteiger partial charge on any atom is 0.0246 e. The number of hydrogen-bond donors (Lipinski definition) is 0. The lowest BCUT2D eigenvalue weighted by Crippen LogP contribution is -2.23. The van der Waals surface area contributed by atoms with Crippen LogP contribution in [-0.2, 0) is 13.1 Å². The van der Waals surface area contributed by atoms with Crippen LogP contribution in [0.3, 0.4) is 0 Å². The van der Waals surface area contributed by atoms with Crippen LogP contribution in [-0.4, -0.2) is 11.4 Å². The zero-order chi connectivity index (χ0) is 18.2. The van der Waals surface area contributed by atoms with Crippen molar-refractivity contribution in [1.29, 1.82) is 0 Å². The molecule has 0 heterocycles. The highest BCUT2D eigenvalue weighted by Gasteiger charge is 2.11. The van der Waals surface area contributed by atoms with Crippen LogP contribution in [0.2, 0.25) is 0 Å². The highest BCUT2D eigenvalue weighted by atomic mass is 15.1. The fraction of sp³-hybridized carbons (Fsp3) is 0.120. The van der Waals surface area contributed by atoms with Crippen LogP contribution < -0.4 is 0 Å². The highest BCUT2D eigenvalue weighted by molar-refractivity contribution is 5.79. The van der Waals surface area contributed by atoms with Crippen molar-refractivity contribution in [3.8, 4) is 0 Å². The van der Waals surface area contributed by atoms with Gasteiger partial charge in [0.25, 0.3) is 0 Å². The second kappa shape index (κ2) is 8.98. The Kier molecular flexibility index (Phi) is 6.19. The second-order valence-electron chi connectivity index (χ2n) is 6.45. The van der Waals surface area contributed by atoms with Crippen LogP contribution in [0.25, 0.3) is 5.57 Å². The van der Waals surface area contributed by atoms with Gasteiger partial charge in [0.15, 0.2) is 0 Å². The molecule has 3 aromatic rings. The van der Waals surface area contributed by atoms with Crippen molar-refractivity contribution in [3.63, 3.8) is 0 Å². The van der Waals surface area contributed by atoms with E-state index in [9.17, 15) is 0 Å². The molecular formula is C25H25N. The fourth-order valence-corrected chi connectivity index (χ4v) is 3.20. The van der Waals surface area contributed by atoms with Crippen molar-refractivity contribution in [1.82, 2.24) is 4.90 Å². The van der Waals surface area contributed by atoms with Crippen LogP contribution in [0.15, 0.2) is 104 Å². The van der Waals surface area contributed by atoms with E-state index in [-0.39, 0.29) is 0 Å². The summed E-state index contributed by atoms with van der Waals surface area (Å²) in [5.41, 5.74) is 6.05. The third-order valence-corrected chi connectivity index (χ3v) is 4.49. The zero-order valence-electron chi connectivity index (χ0n) is 15.1. The lowest BCUT2D eigenvalue weighted by atomic mass is 9.95. The summed E-state index contributed by atoms with van der Waals surface area (Å²) >= 11 is 0. The highest BCUT2D eigenvalue weighted by Crippen LogP contribution is 2.26. The maximum absolute atomic E-state index is 4.35. The average Bonchev–Trinajstić information content (AvgIpc) is 2.69. The molecule has 3 aromatic carbocycles. The van der Waals surface area contributed by atoms with Crippen molar-refractivity contribution in [2.45, 2.75) is 13.1 Å². The van der Waals surface area contributed by atoms with Crippen molar-refractivity contribution in [2.75, 3.05) is 6.54 Å². The molecule has 0 saturated carbocycles. The molecule has 0 N–H and O–H groups in total. The quantitative estimate of drug-likeness (QED) is 0.459. The van der Waals surface area contributed by atoms with Crippen molar-refractivity contribution >= 4 is 5.57 Å². The van der Waals surface area contributed by atoms with E-state index in [2.05, 4.69) is 96.9 Å². The van der Waals surface area contributed by atoms with E-state index < -0.39 is 0 Å². The minimum atomic E-state index is 0.848. The number of benzene rings is 3. The molecule has 0 bridgehead atoms. The lowest BCUT2D eigenvalue weighted by Gasteiger charge is -2.23. The molecule has 0 amide bonds. The summed E-state index contributed by atoms with van der Waals surface area (Å²) in [5.74, 6) is 0. The van der Waals surface area contributed by atoms with Crippen LogP contribution in [0, 0.1) is 0 Å². The molecule has 0 fully saturated rings. The van der Waals surface area contributed by atoms with Crippen LogP contribution in [0.1, 0.15) is 22.3 Å². The first kappa shape index (κ1) is 17.9. The third kappa shape index (κ3) is 4.59. The van der Waals surface area contributed by atoms with E-state index in [4.69, 9.17) is 0 Å². The summed E-state index contributed by atoms with van der Waals surface area (Å²) in [5, 5.41) is 0. The van der Waals surface area contributed by atoms with Gasteiger partial charge < -0.3 is 0 Å². The standard InChI is InChI=1S/C25H25N/c1-3-18-26(19-22-12-6-4-7-13-22)20-24-16-10-11-17-25(24)21(2)23-14-8-5-9-15-23/h3-17H,1-2,18-20H2. The fourth-order valence-electron chi connectivity index (χ4n) is 3.20. The average molecular weight is 339 g/mol. The Morgan fingerprint density at radius 1 is 0.769 bits per heavy atom. The minimum Gasteiger partial charge on any atom is -0.291 e. The van der Waals surface area contributed by atoms with Crippen LogP contribution in [0.4, 0.5) is 0 Å². The van der Waals surface area contributed by atoms with E-state index in [0.29, 0.717) is 0 Å². The normalized spacial score (nSPS) is 10.7. The van der Waals surface area contributed by atoms with E-state index in [1.165, 1.54) is 22.3 Å². The predicted octanol–water partition coefficient (Wildman–Crippen LogP) is 5.94. The van der Waals surface area contributed by atoms with Gasteiger partial charge in [-0.05, 0) is 27.8 Å². The molecule has 0 unspecified atom stereocenters. The van der Waals surface area contributed by atoms with Gasteiger partial charge in [0.05, 0.1) is 0 Å². The van der Waals surface area contributed by atoms with Gasteiger partial charge in [0.1, 0.15) is 0 Å². The molecular weight excluding hydrogens is 314 g/mol. The Labute approximate surface area is 156 Å². The molecule has 3 rings (SSSR count). The number of rotatable bonds is 8. The van der Waals surface area contributed by atoms with Gasteiger partial charge >= 0.3 is 0 Å². The van der Waals surface area contributed by atoms with Crippen molar-refractivity contribution in [3.05, 3.63) is 126 Å². The first-order chi connectivity index (χ1) is 12.8. The molecule has 1 heteroatoms. The summed E-state index contributed by atoms with van der Waals surface area (Å²) in [6, 6.07) is 29.5. The van der Waals surface area contributed by atoms with E-state index in [0.717, 1.165) is 25.2 Å². The molecule has 0 atom stereocenters. The Bertz CT molecular complexity index is 850.